The SMILES string of the molecule is CCn1ccc(CNCCCCC(C)C)c1. The zero-order valence-corrected chi connectivity index (χ0v) is 11.0. The minimum absolute atomic E-state index is 0.846. The van der Waals surface area contributed by atoms with Crippen LogP contribution in [-0.2, 0) is 13.1 Å². The van der Waals surface area contributed by atoms with Crippen LogP contribution in [0.5, 0.6) is 0 Å². The van der Waals surface area contributed by atoms with E-state index in [2.05, 4.69) is 49.1 Å². The second kappa shape index (κ2) is 7.50. The van der Waals surface area contributed by atoms with Crippen LogP contribution in [0.3, 0.4) is 0 Å². The van der Waals surface area contributed by atoms with Crippen LogP contribution in [0.2, 0.25) is 0 Å². The number of hydrogen-bond donors (Lipinski definition) is 1. The highest BCUT2D eigenvalue weighted by Gasteiger charge is 1.96. The maximum Gasteiger partial charge on any atom is 0.0220 e. The molecule has 92 valence electrons. The average Bonchev–Trinajstić information content (AvgIpc) is 2.70. The lowest BCUT2D eigenvalue weighted by molar-refractivity contribution is 0.520. The number of nitrogens with zero attached hydrogens (tertiary/aromatic N) is 1. The predicted molar refractivity (Wildman–Crippen MR) is 70.5 cm³/mol. The summed E-state index contributed by atoms with van der Waals surface area (Å²) in [5.41, 5.74) is 1.39. The second-order valence-corrected chi connectivity index (χ2v) is 4.92. The minimum Gasteiger partial charge on any atom is -0.354 e. The molecule has 1 rings (SSSR count). The molecule has 0 aliphatic carbocycles. The van der Waals surface area contributed by atoms with Gasteiger partial charge in [-0.25, -0.2) is 0 Å². The standard InChI is InChI=1S/C14H26N2/c1-4-16-10-8-14(12-16)11-15-9-6-5-7-13(2)3/h8,10,12-13,15H,4-7,9,11H2,1-3H3. The Balaban J connectivity index is 2.02. The Hall–Kier alpha value is -0.760. The van der Waals surface area contributed by atoms with Gasteiger partial charge >= 0.3 is 0 Å². The molecule has 0 aliphatic rings. The fourth-order valence-corrected chi connectivity index (χ4v) is 1.83. The van der Waals surface area contributed by atoms with Crippen molar-refractivity contribution < 1.29 is 0 Å². The van der Waals surface area contributed by atoms with Crippen molar-refractivity contribution in [3.8, 4) is 0 Å². The van der Waals surface area contributed by atoms with Crippen LogP contribution in [0.1, 0.15) is 45.6 Å². The van der Waals surface area contributed by atoms with Crippen molar-refractivity contribution >= 4 is 0 Å². The Labute approximate surface area is 100 Å². The molecule has 2 heteroatoms. The normalized spacial score (nSPS) is 11.2. The molecule has 0 aliphatic heterocycles. The van der Waals surface area contributed by atoms with Crippen molar-refractivity contribution in [3.63, 3.8) is 0 Å². The third kappa shape index (κ3) is 5.36. The highest BCUT2D eigenvalue weighted by Crippen LogP contribution is 2.05. The summed E-state index contributed by atoms with van der Waals surface area (Å²) >= 11 is 0. The van der Waals surface area contributed by atoms with Crippen molar-refractivity contribution in [1.29, 1.82) is 0 Å². The molecule has 0 radical (unpaired) electrons. The fraction of sp³-hybridized carbons (Fsp3) is 0.714. The van der Waals surface area contributed by atoms with E-state index in [9.17, 15) is 0 Å². The van der Waals surface area contributed by atoms with Gasteiger partial charge in [-0.05, 0) is 37.4 Å². The van der Waals surface area contributed by atoms with E-state index in [1.165, 1.54) is 24.8 Å². The summed E-state index contributed by atoms with van der Waals surface area (Å²) in [5.74, 6) is 0.846. The Bertz CT molecular complexity index is 276. The van der Waals surface area contributed by atoms with E-state index in [0.717, 1.165) is 25.6 Å². The van der Waals surface area contributed by atoms with Gasteiger partial charge in [0.2, 0.25) is 0 Å². The van der Waals surface area contributed by atoms with Gasteiger partial charge in [-0.1, -0.05) is 26.7 Å². The van der Waals surface area contributed by atoms with Gasteiger partial charge in [0.25, 0.3) is 0 Å². The topological polar surface area (TPSA) is 17.0 Å². The largest absolute Gasteiger partial charge is 0.354 e. The highest BCUT2D eigenvalue weighted by atomic mass is 14.9. The van der Waals surface area contributed by atoms with E-state index in [1.807, 2.05) is 0 Å². The van der Waals surface area contributed by atoms with Crippen LogP contribution in [0.15, 0.2) is 18.5 Å². The van der Waals surface area contributed by atoms with E-state index in [0.29, 0.717) is 0 Å². The quantitative estimate of drug-likeness (QED) is 0.667. The molecular weight excluding hydrogens is 196 g/mol. The van der Waals surface area contributed by atoms with Crippen LogP contribution < -0.4 is 5.32 Å². The molecule has 0 atom stereocenters. The van der Waals surface area contributed by atoms with Gasteiger partial charge in [-0.2, -0.15) is 0 Å². The van der Waals surface area contributed by atoms with Crippen molar-refractivity contribution in [1.82, 2.24) is 9.88 Å². The van der Waals surface area contributed by atoms with E-state index in [1.54, 1.807) is 0 Å². The molecule has 0 unspecified atom stereocenters. The smallest absolute Gasteiger partial charge is 0.0220 e. The van der Waals surface area contributed by atoms with Gasteiger partial charge in [0, 0.05) is 25.5 Å². The number of nitrogens with one attached hydrogen (secondary N) is 1. The zero-order valence-electron chi connectivity index (χ0n) is 11.0. The monoisotopic (exact) mass is 222 g/mol. The molecule has 1 aromatic rings. The number of unbranched alkanes of at least 4 members (excludes halogenated alkanes) is 1. The summed E-state index contributed by atoms with van der Waals surface area (Å²) in [6.07, 6.45) is 8.37. The minimum atomic E-state index is 0.846. The van der Waals surface area contributed by atoms with E-state index in [4.69, 9.17) is 0 Å². The zero-order chi connectivity index (χ0) is 11.8. The summed E-state index contributed by atoms with van der Waals surface area (Å²) in [6, 6.07) is 2.20. The molecule has 1 heterocycles. The summed E-state index contributed by atoms with van der Waals surface area (Å²) in [4.78, 5) is 0. The maximum absolute atomic E-state index is 3.50. The van der Waals surface area contributed by atoms with E-state index in [-0.39, 0.29) is 0 Å². The Morgan fingerprint density at radius 2 is 2.12 bits per heavy atom. The summed E-state index contributed by atoms with van der Waals surface area (Å²) < 4.78 is 2.22. The van der Waals surface area contributed by atoms with Crippen LogP contribution >= 0.6 is 0 Å². The molecule has 1 N–H and O–H groups in total. The number of rotatable bonds is 8. The van der Waals surface area contributed by atoms with E-state index < -0.39 is 0 Å². The molecule has 16 heavy (non-hydrogen) atoms. The van der Waals surface area contributed by atoms with Crippen LogP contribution in [0.4, 0.5) is 0 Å². The molecule has 0 bridgehead atoms. The first kappa shape index (κ1) is 13.3. The molecule has 0 amide bonds. The summed E-state index contributed by atoms with van der Waals surface area (Å²) in [6.45, 7) is 9.97. The van der Waals surface area contributed by atoms with Crippen molar-refractivity contribution in [3.05, 3.63) is 24.0 Å². The van der Waals surface area contributed by atoms with Gasteiger partial charge in [0.05, 0.1) is 0 Å². The predicted octanol–water partition coefficient (Wildman–Crippen LogP) is 3.42. The molecule has 0 fully saturated rings. The van der Waals surface area contributed by atoms with Gasteiger partial charge in [-0.15, -0.1) is 0 Å². The lowest BCUT2D eigenvalue weighted by Crippen LogP contribution is -2.14. The van der Waals surface area contributed by atoms with E-state index >= 15 is 0 Å². The molecule has 0 aromatic carbocycles. The van der Waals surface area contributed by atoms with Crippen molar-refractivity contribution in [2.24, 2.45) is 5.92 Å². The summed E-state index contributed by atoms with van der Waals surface area (Å²) in [7, 11) is 0. The van der Waals surface area contributed by atoms with Crippen LogP contribution in [0, 0.1) is 5.92 Å². The first-order chi connectivity index (χ1) is 7.72. The Kier molecular flexibility index (Phi) is 6.24. The number of aryl methyl sites for hydroxylation is 1. The molecule has 0 saturated heterocycles. The van der Waals surface area contributed by atoms with Gasteiger partial charge < -0.3 is 9.88 Å². The highest BCUT2D eigenvalue weighted by molar-refractivity contribution is 5.09. The Morgan fingerprint density at radius 1 is 1.31 bits per heavy atom. The molecule has 0 spiro atoms. The second-order valence-electron chi connectivity index (χ2n) is 4.92. The molecule has 2 nitrogen and oxygen atoms in total. The van der Waals surface area contributed by atoms with Gasteiger partial charge in [-0.3, -0.25) is 0 Å². The fourth-order valence-electron chi connectivity index (χ4n) is 1.83. The summed E-state index contributed by atoms with van der Waals surface area (Å²) in [5, 5.41) is 3.50. The lowest BCUT2D eigenvalue weighted by atomic mass is 10.1. The Morgan fingerprint density at radius 3 is 2.75 bits per heavy atom. The van der Waals surface area contributed by atoms with Crippen LogP contribution in [-0.4, -0.2) is 11.1 Å². The average molecular weight is 222 g/mol. The first-order valence-corrected chi connectivity index (χ1v) is 6.57. The first-order valence-electron chi connectivity index (χ1n) is 6.57. The van der Waals surface area contributed by atoms with Crippen molar-refractivity contribution in [2.75, 3.05) is 6.54 Å². The maximum atomic E-state index is 3.50. The number of aromatic nitrogens is 1. The third-order valence-electron chi connectivity index (χ3n) is 2.89. The third-order valence-corrected chi connectivity index (χ3v) is 2.89. The lowest BCUT2D eigenvalue weighted by Gasteiger charge is -2.05. The number of hydrogen-bond acceptors (Lipinski definition) is 1. The van der Waals surface area contributed by atoms with Gasteiger partial charge in [0.1, 0.15) is 0 Å². The molecular formula is C14H26N2. The van der Waals surface area contributed by atoms with Crippen LogP contribution in [0.25, 0.3) is 0 Å². The van der Waals surface area contributed by atoms with Gasteiger partial charge in [0.15, 0.2) is 0 Å². The molecule has 0 saturated carbocycles. The van der Waals surface area contributed by atoms with Crippen molar-refractivity contribution in [2.45, 2.75) is 53.1 Å². The molecule has 1 aromatic heterocycles.